The zero-order chi connectivity index (χ0) is 13.1. The number of nitrogens with one attached hydrogen (secondary N) is 1. The molecule has 1 aromatic carbocycles. The standard InChI is InChI=1S/C13H17F3N2/c1-2-9-8-18(5-3-4-17-9)10-6-11(14)13(16)12(15)7-10/h6-7,9,17H,2-5,8H2,1H3. The van der Waals surface area contributed by atoms with E-state index >= 15 is 0 Å². The van der Waals surface area contributed by atoms with Crippen molar-refractivity contribution >= 4 is 5.69 Å². The molecule has 1 aromatic rings. The molecule has 1 fully saturated rings. The van der Waals surface area contributed by atoms with Gasteiger partial charge in [-0.05, 0) is 19.4 Å². The number of benzene rings is 1. The van der Waals surface area contributed by atoms with Crippen molar-refractivity contribution in [1.82, 2.24) is 5.32 Å². The highest BCUT2D eigenvalue weighted by molar-refractivity contribution is 5.47. The van der Waals surface area contributed by atoms with Gasteiger partial charge >= 0.3 is 0 Å². The molecule has 18 heavy (non-hydrogen) atoms. The highest BCUT2D eigenvalue weighted by Crippen LogP contribution is 2.22. The van der Waals surface area contributed by atoms with Gasteiger partial charge in [-0.25, -0.2) is 13.2 Å². The highest BCUT2D eigenvalue weighted by atomic mass is 19.2. The van der Waals surface area contributed by atoms with E-state index in [1.54, 1.807) is 0 Å². The molecule has 1 unspecified atom stereocenters. The number of anilines is 1. The van der Waals surface area contributed by atoms with Gasteiger partial charge in [0.05, 0.1) is 0 Å². The van der Waals surface area contributed by atoms with Gasteiger partial charge in [-0.15, -0.1) is 0 Å². The van der Waals surface area contributed by atoms with Gasteiger partial charge in [0.2, 0.25) is 0 Å². The van der Waals surface area contributed by atoms with E-state index in [0.29, 0.717) is 24.8 Å². The Balaban J connectivity index is 2.24. The number of rotatable bonds is 2. The maximum absolute atomic E-state index is 13.2. The summed E-state index contributed by atoms with van der Waals surface area (Å²) in [7, 11) is 0. The molecule has 0 bridgehead atoms. The molecule has 0 aliphatic carbocycles. The Morgan fingerprint density at radius 2 is 1.94 bits per heavy atom. The lowest BCUT2D eigenvalue weighted by Crippen LogP contribution is -2.37. The summed E-state index contributed by atoms with van der Waals surface area (Å²) in [6.45, 7) is 4.35. The summed E-state index contributed by atoms with van der Waals surface area (Å²) in [5.74, 6) is -3.66. The minimum absolute atomic E-state index is 0.295. The van der Waals surface area contributed by atoms with Crippen LogP contribution in [0, 0.1) is 17.5 Å². The molecule has 5 heteroatoms. The first-order chi connectivity index (χ1) is 8.61. The van der Waals surface area contributed by atoms with Crippen molar-refractivity contribution in [2.75, 3.05) is 24.5 Å². The summed E-state index contributed by atoms with van der Waals surface area (Å²) in [4.78, 5) is 1.90. The first-order valence-electron chi connectivity index (χ1n) is 6.24. The SMILES string of the molecule is CCC1CN(c2cc(F)c(F)c(F)c2)CCCN1. The Labute approximate surface area is 105 Å². The highest BCUT2D eigenvalue weighted by Gasteiger charge is 2.19. The van der Waals surface area contributed by atoms with Crippen LogP contribution in [0.2, 0.25) is 0 Å². The number of nitrogens with zero attached hydrogens (tertiary/aromatic N) is 1. The zero-order valence-corrected chi connectivity index (χ0v) is 10.3. The van der Waals surface area contributed by atoms with Gasteiger partial charge in [0.25, 0.3) is 0 Å². The fourth-order valence-corrected chi connectivity index (χ4v) is 2.23. The first kappa shape index (κ1) is 13.2. The van der Waals surface area contributed by atoms with Crippen LogP contribution in [-0.4, -0.2) is 25.7 Å². The number of hydrogen-bond acceptors (Lipinski definition) is 2. The van der Waals surface area contributed by atoms with Gasteiger partial charge in [0.1, 0.15) is 0 Å². The molecule has 1 N–H and O–H groups in total. The van der Waals surface area contributed by atoms with Gasteiger partial charge in [-0.2, -0.15) is 0 Å². The lowest BCUT2D eigenvalue weighted by atomic mass is 10.2. The molecule has 0 saturated carbocycles. The van der Waals surface area contributed by atoms with E-state index in [1.807, 2.05) is 4.90 Å². The van der Waals surface area contributed by atoms with Crippen molar-refractivity contribution in [3.8, 4) is 0 Å². The molecule has 1 aliphatic heterocycles. The largest absolute Gasteiger partial charge is 0.370 e. The molecular weight excluding hydrogens is 241 g/mol. The normalized spacial score (nSPS) is 20.9. The Morgan fingerprint density at radius 1 is 1.28 bits per heavy atom. The second kappa shape index (κ2) is 5.61. The van der Waals surface area contributed by atoms with Gasteiger partial charge < -0.3 is 10.2 Å². The maximum atomic E-state index is 13.2. The minimum Gasteiger partial charge on any atom is -0.370 e. The topological polar surface area (TPSA) is 15.3 Å². The Bertz CT molecular complexity index is 400. The van der Waals surface area contributed by atoms with Gasteiger partial charge in [-0.3, -0.25) is 0 Å². The fourth-order valence-electron chi connectivity index (χ4n) is 2.23. The minimum atomic E-state index is -1.40. The predicted molar refractivity (Wildman–Crippen MR) is 65.2 cm³/mol. The van der Waals surface area contributed by atoms with E-state index < -0.39 is 17.5 Å². The zero-order valence-electron chi connectivity index (χ0n) is 10.3. The van der Waals surface area contributed by atoms with Crippen molar-refractivity contribution < 1.29 is 13.2 Å². The molecule has 1 atom stereocenters. The molecule has 0 radical (unpaired) electrons. The molecule has 1 saturated heterocycles. The van der Waals surface area contributed by atoms with Crippen LogP contribution in [0.25, 0.3) is 0 Å². The summed E-state index contributed by atoms with van der Waals surface area (Å²) in [6.07, 6.45) is 1.85. The van der Waals surface area contributed by atoms with Crippen LogP contribution in [0.4, 0.5) is 18.9 Å². The number of hydrogen-bond donors (Lipinski definition) is 1. The van der Waals surface area contributed by atoms with Gasteiger partial charge in [0, 0.05) is 37.0 Å². The van der Waals surface area contributed by atoms with E-state index in [4.69, 9.17) is 0 Å². The average Bonchev–Trinajstić information content (AvgIpc) is 2.60. The second-order valence-corrected chi connectivity index (χ2v) is 4.58. The maximum Gasteiger partial charge on any atom is 0.194 e. The third kappa shape index (κ3) is 2.77. The van der Waals surface area contributed by atoms with Crippen LogP contribution < -0.4 is 10.2 Å². The molecule has 0 spiro atoms. The van der Waals surface area contributed by atoms with Crippen LogP contribution >= 0.6 is 0 Å². The van der Waals surface area contributed by atoms with Crippen LogP contribution in [0.1, 0.15) is 19.8 Å². The average molecular weight is 258 g/mol. The van der Waals surface area contributed by atoms with E-state index in [0.717, 1.165) is 31.5 Å². The van der Waals surface area contributed by atoms with Crippen molar-refractivity contribution in [3.05, 3.63) is 29.6 Å². The fraction of sp³-hybridized carbons (Fsp3) is 0.538. The Kier molecular flexibility index (Phi) is 4.11. The summed E-state index contributed by atoms with van der Waals surface area (Å²) < 4.78 is 39.4. The lowest BCUT2D eigenvalue weighted by Gasteiger charge is -2.26. The monoisotopic (exact) mass is 258 g/mol. The van der Waals surface area contributed by atoms with Gasteiger partial charge in [0.15, 0.2) is 17.5 Å². The van der Waals surface area contributed by atoms with E-state index in [-0.39, 0.29) is 0 Å². The van der Waals surface area contributed by atoms with Crippen LogP contribution in [-0.2, 0) is 0 Å². The van der Waals surface area contributed by atoms with E-state index in [1.165, 1.54) is 0 Å². The Morgan fingerprint density at radius 3 is 2.56 bits per heavy atom. The molecule has 2 rings (SSSR count). The summed E-state index contributed by atoms with van der Waals surface area (Å²) >= 11 is 0. The van der Waals surface area contributed by atoms with Crippen molar-refractivity contribution in [2.45, 2.75) is 25.8 Å². The third-order valence-corrected chi connectivity index (χ3v) is 3.31. The molecule has 0 amide bonds. The molecule has 1 aliphatic rings. The van der Waals surface area contributed by atoms with Crippen LogP contribution in [0.3, 0.4) is 0 Å². The smallest absolute Gasteiger partial charge is 0.194 e. The second-order valence-electron chi connectivity index (χ2n) is 4.58. The van der Waals surface area contributed by atoms with Crippen molar-refractivity contribution in [3.63, 3.8) is 0 Å². The van der Waals surface area contributed by atoms with Crippen molar-refractivity contribution in [1.29, 1.82) is 0 Å². The van der Waals surface area contributed by atoms with Crippen LogP contribution in [0.15, 0.2) is 12.1 Å². The molecular formula is C13H17F3N2. The third-order valence-electron chi connectivity index (χ3n) is 3.31. The molecule has 1 heterocycles. The van der Waals surface area contributed by atoms with E-state index in [9.17, 15) is 13.2 Å². The first-order valence-corrected chi connectivity index (χ1v) is 6.24. The number of halogens is 3. The van der Waals surface area contributed by atoms with E-state index in [2.05, 4.69) is 12.2 Å². The molecule has 0 aromatic heterocycles. The quantitative estimate of drug-likeness (QED) is 0.820. The lowest BCUT2D eigenvalue weighted by molar-refractivity contribution is 0.446. The van der Waals surface area contributed by atoms with Crippen LogP contribution in [0.5, 0.6) is 0 Å². The van der Waals surface area contributed by atoms with Gasteiger partial charge in [-0.1, -0.05) is 6.92 Å². The summed E-state index contributed by atoms with van der Waals surface area (Å²) in [5, 5.41) is 3.37. The molecule has 2 nitrogen and oxygen atoms in total. The molecule has 100 valence electrons. The Hall–Kier alpha value is -1.23. The predicted octanol–water partition coefficient (Wildman–Crippen LogP) is 2.68. The van der Waals surface area contributed by atoms with Crippen molar-refractivity contribution in [2.24, 2.45) is 0 Å². The summed E-state index contributed by atoms with van der Waals surface area (Å²) in [5.41, 5.74) is 0.411. The summed E-state index contributed by atoms with van der Waals surface area (Å²) in [6, 6.07) is 2.43.